The number of hydrogen-bond acceptors (Lipinski definition) is 6. The van der Waals surface area contributed by atoms with Gasteiger partial charge < -0.3 is 14.4 Å². The van der Waals surface area contributed by atoms with Gasteiger partial charge in [0.2, 0.25) is 5.91 Å². The van der Waals surface area contributed by atoms with E-state index in [0.29, 0.717) is 46.8 Å². The molecule has 2 aliphatic rings. The number of hydrogen-bond donors (Lipinski definition) is 0. The van der Waals surface area contributed by atoms with Crippen molar-refractivity contribution >= 4 is 50.8 Å². The summed E-state index contributed by atoms with van der Waals surface area (Å²) in [7, 11) is 0. The second-order valence-electron chi connectivity index (χ2n) is 8.73. The average molecular weight is 591 g/mol. The Balaban J connectivity index is 1.50. The number of imide groups is 1. The van der Waals surface area contributed by atoms with Gasteiger partial charge in [0.25, 0.3) is 11.1 Å². The standard InChI is InChI=1S/C27H28BrFN2O5S/c1-2-35-22-13-19(21(28)15-23(22)36-17-18-8-7-9-20(29)12-18)14-24-26(33)31(27(34)37-24)16-25(32)30-10-5-3-4-6-11-30/h7-9,12-15H,2-6,10-11,16-17H2,1H3. The van der Waals surface area contributed by atoms with Gasteiger partial charge in [-0.25, -0.2) is 4.39 Å². The predicted octanol–water partition coefficient (Wildman–Crippen LogP) is 6.00. The van der Waals surface area contributed by atoms with E-state index < -0.39 is 11.1 Å². The van der Waals surface area contributed by atoms with Crippen LogP contribution in [0.2, 0.25) is 0 Å². The number of nitrogens with zero attached hydrogens (tertiary/aromatic N) is 2. The minimum atomic E-state index is -0.491. The summed E-state index contributed by atoms with van der Waals surface area (Å²) in [5.74, 6) is -0.139. The zero-order valence-electron chi connectivity index (χ0n) is 20.5. The topological polar surface area (TPSA) is 76.2 Å². The monoisotopic (exact) mass is 590 g/mol. The molecule has 2 saturated heterocycles. The van der Waals surface area contributed by atoms with E-state index in [9.17, 15) is 18.8 Å². The minimum Gasteiger partial charge on any atom is -0.490 e. The van der Waals surface area contributed by atoms with Crippen LogP contribution in [-0.4, -0.2) is 53.1 Å². The fraction of sp³-hybridized carbons (Fsp3) is 0.370. The van der Waals surface area contributed by atoms with Crippen LogP contribution in [0.3, 0.4) is 0 Å². The Hall–Kier alpha value is -2.85. The maximum atomic E-state index is 13.5. The van der Waals surface area contributed by atoms with Crippen molar-refractivity contribution in [3.63, 3.8) is 0 Å². The van der Waals surface area contributed by atoms with Gasteiger partial charge in [0.05, 0.1) is 11.5 Å². The Kier molecular flexibility index (Phi) is 9.26. The molecule has 0 N–H and O–H groups in total. The fourth-order valence-corrected chi connectivity index (χ4v) is 5.43. The lowest BCUT2D eigenvalue weighted by Gasteiger charge is -2.22. The van der Waals surface area contributed by atoms with Crippen LogP contribution < -0.4 is 9.47 Å². The number of likely N-dealkylation sites (tertiary alicyclic amines) is 1. The van der Waals surface area contributed by atoms with E-state index in [-0.39, 0.29) is 29.8 Å². The molecule has 37 heavy (non-hydrogen) atoms. The SMILES string of the molecule is CCOc1cc(C=C2SC(=O)N(CC(=O)N3CCCCCC3)C2=O)c(Br)cc1OCc1cccc(F)c1. The molecule has 7 nitrogen and oxygen atoms in total. The molecule has 0 aliphatic carbocycles. The van der Waals surface area contributed by atoms with Crippen LogP contribution in [0.5, 0.6) is 11.5 Å². The second kappa shape index (κ2) is 12.6. The Bertz CT molecular complexity index is 1210. The summed E-state index contributed by atoms with van der Waals surface area (Å²) >= 11 is 4.32. The number of carbonyl (C=O) groups excluding carboxylic acids is 3. The Morgan fingerprint density at radius 2 is 1.81 bits per heavy atom. The highest BCUT2D eigenvalue weighted by Crippen LogP contribution is 2.38. The number of carbonyl (C=O) groups is 3. The summed E-state index contributed by atoms with van der Waals surface area (Å²) < 4.78 is 25.7. The predicted molar refractivity (Wildman–Crippen MR) is 144 cm³/mol. The molecule has 0 saturated carbocycles. The first kappa shape index (κ1) is 27.2. The molecule has 0 spiro atoms. The zero-order valence-corrected chi connectivity index (χ0v) is 22.9. The maximum Gasteiger partial charge on any atom is 0.294 e. The van der Waals surface area contributed by atoms with Crippen LogP contribution in [0, 0.1) is 5.82 Å². The lowest BCUT2D eigenvalue weighted by Crippen LogP contribution is -2.42. The average Bonchev–Trinajstić information content (AvgIpc) is 3.05. The number of thioether (sulfide) groups is 1. The third kappa shape index (κ3) is 6.93. The van der Waals surface area contributed by atoms with E-state index in [4.69, 9.17) is 9.47 Å². The molecule has 3 amide bonds. The van der Waals surface area contributed by atoms with Gasteiger partial charge in [0, 0.05) is 17.6 Å². The van der Waals surface area contributed by atoms with Gasteiger partial charge in [-0.2, -0.15) is 0 Å². The second-order valence-corrected chi connectivity index (χ2v) is 10.6. The van der Waals surface area contributed by atoms with E-state index in [1.165, 1.54) is 12.1 Å². The largest absolute Gasteiger partial charge is 0.490 e. The highest BCUT2D eigenvalue weighted by molar-refractivity contribution is 9.10. The zero-order chi connectivity index (χ0) is 26.4. The van der Waals surface area contributed by atoms with Crippen molar-refractivity contribution in [3.05, 3.63) is 62.7 Å². The molecule has 0 radical (unpaired) electrons. The van der Waals surface area contributed by atoms with Crippen molar-refractivity contribution in [1.29, 1.82) is 0 Å². The Morgan fingerprint density at radius 3 is 2.51 bits per heavy atom. The number of rotatable bonds is 8. The Morgan fingerprint density at radius 1 is 1.08 bits per heavy atom. The molecule has 0 bridgehead atoms. The molecule has 2 heterocycles. The normalized spacial score (nSPS) is 17.3. The minimum absolute atomic E-state index is 0.146. The van der Waals surface area contributed by atoms with Gasteiger partial charge in [0.15, 0.2) is 11.5 Å². The third-order valence-corrected chi connectivity index (χ3v) is 7.65. The van der Waals surface area contributed by atoms with E-state index in [2.05, 4.69) is 15.9 Å². The Labute approximate surface area is 228 Å². The quantitative estimate of drug-likeness (QED) is 0.351. The number of halogens is 2. The number of benzene rings is 2. The summed E-state index contributed by atoms with van der Waals surface area (Å²) in [6, 6.07) is 9.57. The van der Waals surface area contributed by atoms with Crippen molar-refractivity contribution in [2.24, 2.45) is 0 Å². The van der Waals surface area contributed by atoms with Gasteiger partial charge in [-0.15, -0.1) is 0 Å². The summed E-state index contributed by atoms with van der Waals surface area (Å²) in [6.07, 6.45) is 5.64. The molecule has 10 heteroatoms. The first-order valence-electron chi connectivity index (χ1n) is 12.2. The fourth-order valence-electron chi connectivity index (χ4n) is 4.16. The van der Waals surface area contributed by atoms with Crippen molar-refractivity contribution in [3.8, 4) is 11.5 Å². The number of amides is 3. The molecule has 0 atom stereocenters. The van der Waals surface area contributed by atoms with Gasteiger partial charge in [0.1, 0.15) is 19.0 Å². The van der Waals surface area contributed by atoms with Crippen molar-refractivity contribution in [1.82, 2.24) is 9.80 Å². The van der Waals surface area contributed by atoms with Gasteiger partial charge in [-0.1, -0.05) is 40.9 Å². The molecule has 196 valence electrons. The first-order valence-corrected chi connectivity index (χ1v) is 13.8. The molecule has 2 aromatic rings. The molecular weight excluding hydrogens is 563 g/mol. The van der Waals surface area contributed by atoms with Crippen molar-refractivity contribution in [2.75, 3.05) is 26.2 Å². The highest BCUT2D eigenvalue weighted by Gasteiger charge is 2.37. The van der Waals surface area contributed by atoms with E-state index in [1.54, 1.807) is 35.2 Å². The van der Waals surface area contributed by atoms with Crippen LogP contribution in [0.1, 0.15) is 43.7 Å². The van der Waals surface area contributed by atoms with Gasteiger partial charge in [-0.05, 0) is 73.0 Å². The molecular formula is C27H28BrFN2O5S. The van der Waals surface area contributed by atoms with Gasteiger partial charge >= 0.3 is 0 Å². The highest BCUT2D eigenvalue weighted by atomic mass is 79.9. The van der Waals surface area contributed by atoms with Crippen LogP contribution in [-0.2, 0) is 16.2 Å². The van der Waals surface area contributed by atoms with Crippen LogP contribution in [0.25, 0.3) is 6.08 Å². The summed E-state index contributed by atoms with van der Waals surface area (Å²) in [5.41, 5.74) is 1.29. The first-order chi connectivity index (χ1) is 17.9. The molecule has 0 aromatic heterocycles. The lowest BCUT2D eigenvalue weighted by atomic mass is 10.1. The molecule has 4 rings (SSSR count). The van der Waals surface area contributed by atoms with Gasteiger partial charge in [-0.3, -0.25) is 19.3 Å². The van der Waals surface area contributed by atoms with Crippen molar-refractivity contribution in [2.45, 2.75) is 39.2 Å². The molecule has 2 aliphatic heterocycles. The van der Waals surface area contributed by atoms with E-state index >= 15 is 0 Å². The van der Waals surface area contributed by atoms with Crippen LogP contribution in [0.15, 0.2) is 45.8 Å². The molecule has 2 fully saturated rings. The van der Waals surface area contributed by atoms with E-state index in [0.717, 1.165) is 42.3 Å². The smallest absolute Gasteiger partial charge is 0.294 e. The lowest BCUT2D eigenvalue weighted by molar-refractivity contribution is -0.135. The maximum absolute atomic E-state index is 13.5. The molecule has 2 aromatic carbocycles. The summed E-state index contributed by atoms with van der Waals surface area (Å²) in [6.45, 7) is 3.43. The third-order valence-electron chi connectivity index (χ3n) is 6.06. The number of ether oxygens (including phenoxy) is 2. The summed E-state index contributed by atoms with van der Waals surface area (Å²) in [4.78, 5) is 41.4. The van der Waals surface area contributed by atoms with Crippen molar-refractivity contribution < 1.29 is 28.2 Å². The van der Waals surface area contributed by atoms with Crippen LogP contribution >= 0.6 is 27.7 Å². The molecule has 0 unspecified atom stereocenters. The summed E-state index contributed by atoms with van der Waals surface area (Å²) in [5, 5.41) is -0.462. The van der Waals surface area contributed by atoms with E-state index in [1.807, 2.05) is 6.92 Å². The van der Waals surface area contributed by atoms with Crippen LogP contribution in [0.4, 0.5) is 9.18 Å².